The third kappa shape index (κ3) is 3.44. The molecule has 0 fully saturated rings. The largest absolute Gasteiger partial charge is 0.508 e. The van der Waals surface area contributed by atoms with Gasteiger partial charge in [0.05, 0.1) is 10.3 Å². The number of phenols is 1. The number of phenolic OH excluding ortho intramolecular Hbond substituents is 1. The summed E-state index contributed by atoms with van der Waals surface area (Å²) in [7, 11) is 2.36. The number of nitrogens with zero attached hydrogens (tertiary/aromatic N) is 4. The fourth-order valence-electron chi connectivity index (χ4n) is 2.95. The molecule has 0 amide bonds. The first kappa shape index (κ1) is 20.0. The van der Waals surface area contributed by atoms with Gasteiger partial charge in [0.2, 0.25) is 0 Å². The van der Waals surface area contributed by atoms with Crippen LogP contribution in [0.5, 0.6) is 5.75 Å². The van der Waals surface area contributed by atoms with Crippen molar-refractivity contribution in [3.63, 3.8) is 0 Å². The molecule has 2 aromatic heterocycles. The summed E-state index contributed by atoms with van der Waals surface area (Å²) in [5, 5.41) is 20.6. The predicted molar refractivity (Wildman–Crippen MR) is 94.8 cm³/mol. The summed E-state index contributed by atoms with van der Waals surface area (Å²) >= 11 is 0. The smallest absolute Gasteiger partial charge is 0.433 e. The lowest BCUT2D eigenvalue weighted by Crippen LogP contribution is -2.37. The molecule has 0 saturated carbocycles. The van der Waals surface area contributed by atoms with E-state index in [0.717, 1.165) is 33.4 Å². The summed E-state index contributed by atoms with van der Waals surface area (Å²) in [5.41, 5.74) is -4.53. The number of rotatable bonds is 3. The van der Waals surface area contributed by atoms with Gasteiger partial charge in [-0.15, -0.1) is 0 Å². The standard InChI is InChI=1S/C17H13F3N4O5/c1-22-14-11(15(26)23(2)16(22)27)7-9(13(21-14)17(18,19)20)5-8-6-10(24(28)29)3-4-12(8)25/h3-4,6-7,25H,5H2,1-2H3. The summed E-state index contributed by atoms with van der Waals surface area (Å²) in [4.78, 5) is 38.0. The lowest BCUT2D eigenvalue weighted by Gasteiger charge is -2.15. The van der Waals surface area contributed by atoms with Crippen molar-refractivity contribution in [2.75, 3.05) is 0 Å². The number of hydrogen-bond donors (Lipinski definition) is 1. The highest BCUT2D eigenvalue weighted by Gasteiger charge is 2.36. The van der Waals surface area contributed by atoms with E-state index in [1.165, 1.54) is 14.1 Å². The van der Waals surface area contributed by atoms with E-state index in [9.17, 15) is 38.0 Å². The van der Waals surface area contributed by atoms with Gasteiger partial charge in [-0.05, 0) is 17.7 Å². The normalized spacial score (nSPS) is 11.8. The minimum absolute atomic E-state index is 0.146. The van der Waals surface area contributed by atoms with Crippen LogP contribution in [0.2, 0.25) is 0 Å². The molecular formula is C17H13F3N4O5. The van der Waals surface area contributed by atoms with E-state index in [1.807, 2.05) is 0 Å². The molecule has 0 atom stereocenters. The highest BCUT2D eigenvalue weighted by molar-refractivity contribution is 5.75. The minimum atomic E-state index is -4.93. The molecule has 29 heavy (non-hydrogen) atoms. The summed E-state index contributed by atoms with van der Waals surface area (Å²) in [6.45, 7) is 0. The van der Waals surface area contributed by atoms with Crippen molar-refractivity contribution < 1.29 is 23.2 Å². The lowest BCUT2D eigenvalue weighted by molar-refractivity contribution is -0.384. The molecule has 3 rings (SSSR count). The summed E-state index contributed by atoms with van der Waals surface area (Å²) in [6, 6.07) is 3.88. The number of halogens is 3. The van der Waals surface area contributed by atoms with Crippen molar-refractivity contribution in [2.24, 2.45) is 14.1 Å². The highest BCUT2D eigenvalue weighted by Crippen LogP contribution is 2.34. The number of benzene rings is 1. The summed E-state index contributed by atoms with van der Waals surface area (Å²) in [5.74, 6) is -0.447. The monoisotopic (exact) mass is 410 g/mol. The molecule has 12 heteroatoms. The van der Waals surface area contributed by atoms with Gasteiger partial charge >= 0.3 is 11.9 Å². The Labute approximate surface area is 159 Å². The van der Waals surface area contributed by atoms with Crippen LogP contribution in [0, 0.1) is 10.1 Å². The van der Waals surface area contributed by atoms with Crippen LogP contribution in [0.4, 0.5) is 18.9 Å². The van der Waals surface area contributed by atoms with Crippen molar-refractivity contribution >= 4 is 16.7 Å². The van der Waals surface area contributed by atoms with Crippen molar-refractivity contribution in [1.29, 1.82) is 0 Å². The van der Waals surface area contributed by atoms with Gasteiger partial charge in [-0.25, -0.2) is 9.78 Å². The highest BCUT2D eigenvalue weighted by atomic mass is 19.4. The molecule has 0 unspecified atom stereocenters. The Morgan fingerprint density at radius 2 is 1.79 bits per heavy atom. The average Bonchev–Trinajstić information content (AvgIpc) is 2.65. The third-order valence-corrected chi connectivity index (χ3v) is 4.43. The maximum atomic E-state index is 13.6. The van der Waals surface area contributed by atoms with Gasteiger partial charge in [-0.3, -0.25) is 24.0 Å². The maximum Gasteiger partial charge on any atom is 0.433 e. The lowest BCUT2D eigenvalue weighted by atomic mass is 10.0. The van der Waals surface area contributed by atoms with E-state index < -0.39 is 57.1 Å². The molecule has 0 aliphatic heterocycles. The molecule has 0 radical (unpaired) electrons. The molecule has 2 heterocycles. The van der Waals surface area contributed by atoms with Crippen LogP contribution in [-0.4, -0.2) is 24.1 Å². The van der Waals surface area contributed by atoms with E-state index in [-0.39, 0.29) is 10.9 Å². The number of aromatic hydroxyl groups is 1. The molecule has 0 aliphatic rings. The summed E-state index contributed by atoms with van der Waals surface area (Å²) in [6.07, 6.45) is -5.51. The molecule has 1 N–H and O–H groups in total. The van der Waals surface area contributed by atoms with Crippen molar-refractivity contribution in [2.45, 2.75) is 12.6 Å². The Morgan fingerprint density at radius 3 is 2.38 bits per heavy atom. The van der Waals surface area contributed by atoms with Crippen LogP contribution < -0.4 is 11.2 Å². The Bertz CT molecular complexity index is 1280. The first-order valence-corrected chi connectivity index (χ1v) is 8.05. The first-order valence-electron chi connectivity index (χ1n) is 8.05. The number of alkyl halides is 3. The fourth-order valence-corrected chi connectivity index (χ4v) is 2.95. The van der Waals surface area contributed by atoms with Gasteiger partial charge in [0.25, 0.3) is 11.2 Å². The number of nitro groups is 1. The number of pyridine rings is 1. The SMILES string of the molecule is Cn1c(=O)c2cc(Cc3cc([N+](=O)[O-])ccc3O)c(C(F)(F)F)nc2n(C)c1=O. The topological polar surface area (TPSA) is 120 Å². The predicted octanol–water partition coefficient (Wildman–Crippen LogP) is 1.86. The molecule has 0 saturated heterocycles. The number of nitro benzene ring substituents is 1. The van der Waals surface area contributed by atoms with E-state index in [1.54, 1.807) is 0 Å². The Kier molecular flexibility index (Phi) is 4.65. The first-order chi connectivity index (χ1) is 13.4. The van der Waals surface area contributed by atoms with Gasteiger partial charge in [-0.1, -0.05) is 0 Å². The second kappa shape index (κ2) is 6.72. The number of aryl methyl sites for hydroxylation is 1. The van der Waals surface area contributed by atoms with E-state index >= 15 is 0 Å². The van der Waals surface area contributed by atoms with E-state index in [0.29, 0.717) is 0 Å². The zero-order chi connectivity index (χ0) is 21.7. The van der Waals surface area contributed by atoms with Crippen LogP contribution in [0.15, 0.2) is 33.9 Å². The van der Waals surface area contributed by atoms with Gasteiger partial charge in [-0.2, -0.15) is 13.2 Å². The van der Waals surface area contributed by atoms with E-state index in [2.05, 4.69) is 4.98 Å². The quantitative estimate of drug-likeness (QED) is 0.520. The molecule has 3 aromatic rings. The fraction of sp³-hybridized carbons (Fsp3) is 0.235. The second-order valence-corrected chi connectivity index (χ2v) is 6.32. The third-order valence-electron chi connectivity index (χ3n) is 4.43. The second-order valence-electron chi connectivity index (χ2n) is 6.32. The zero-order valence-electron chi connectivity index (χ0n) is 15.0. The van der Waals surface area contributed by atoms with Gasteiger partial charge in [0.1, 0.15) is 17.1 Å². The number of hydrogen-bond acceptors (Lipinski definition) is 6. The van der Waals surface area contributed by atoms with Crippen LogP contribution in [0.3, 0.4) is 0 Å². The van der Waals surface area contributed by atoms with Crippen molar-refractivity contribution in [3.8, 4) is 5.75 Å². The van der Waals surface area contributed by atoms with Crippen LogP contribution in [-0.2, 0) is 26.7 Å². The average molecular weight is 410 g/mol. The van der Waals surface area contributed by atoms with Crippen LogP contribution >= 0.6 is 0 Å². The Morgan fingerprint density at radius 1 is 1.14 bits per heavy atom. The zero-order valence-corrected chi connectivity index (χ0v) is 15.0. The molecule has 9 nitrogen and oxygen atoms in total. The maximum absolute atomic E-state index is 13.6. The van der Waals surface area contributed by atoms with Crippen LogP contribution in [0.25, 0.3) is 11.0 Å². The van der Waals surface area contributed by atoms with Gasteiger partial charge in [0, 0.05) is 38.2 Å². The molecule has 0 aliphatic carbocycles. The molecular weight excluding hydrogens is 397 g/mol. The Balaban J connectivity index is 2.32. The molecule has 0 bridgehead atoms. The molecule has 152 valence electrons. The van der Waals surface area contributed by atoms with Gasteiger partial charge in [0.15, 0.2) is 0 Å². The van der Waals surface area contributed by atoms with Gasteiger partial charge < -0.3 is 5.11 Å². The van der Waals surface area contributed by atoms with Crippen LogP contribution in [0.1, 0.15) is 16.8 Å². The van der Waals surface area contributed by atoms with Crippen molar-refractivity contribution in [1.82, 2.24) is 14.1 Å². The summed E-state index contributed by atoms with van der Waals surface area (Å²) < 4.78 is 42.3. The van der Waals surface area contributed by atoms with E-state index in [4.69, 9.17) is 0 Å². The molecule has 1 aromatic carbocycles. The Hall–Kier alpha value is -3.70. The number of aromatic nitrogens is 3. The number of fused-ring (bicyclic) bond motifs is 1. The number of non-ortho nitro benzene ring substituents is 1. The molecule has 0 spiro atoms. The van der Waals surface area contributed by atoms with Crippen molar-refractivity contribution in [3.05, 3.63) is 72.0 Å². The minimum Gasteiger partial charge on any atom is -0.508 e.